The van der Waals surface area contributed by atoms with Gasteiger partial charge < -0.3 is 4.98 Å². The average Bonchev–Trinajstić information content (AvgIpc) is 3.11. The Bertz CT molecular complexity index is 1200. The molecule has 2 aliphatic carbocycles. The smallest absolute Gasteiger partial charge is 0.345 e. The minimum atomic E-state index is -4.61. The Hall–Kier alpha value is -1.41. The second-order valence-corrected chi connectivity index (χ2v) is 11.3. The molecule has 2 saturated carbocycles. The lowest BCUT2D eigenvalue weighted by Gasteiger charge is -2.14. The highest BCUT2D eigenvalue weighted by atomic mass is 127. The lowest BCUT2D eigenvalue weighted by Crippen LogP contribution is -2.35. The Labute approximate surface area is 177 Å². The lowest BCUT2D eigenvalue weighted by atomic mass is 10.1. The lowest BCUT2D eigenvalue weighted by molar-refractivity contribution is -0.139. The third-order valence-electron chi connectivity index (χ3n) is 5.58. The molecule has 0 spiro atoms. The van der Waals surface area contributed by atoms with E-state index >= 15 is 0 Å². The first kappa shape index (κ1) is 19.5. The SMILES string of the molecule is O=S(=O)(N[C@H]1C[C@@H](I)[C@H](c2nc(C(F)(F)F)c3cnc4[nH]ccc4n23)C1)C1CC1. The number of halogens is 4. The van der Waals surface area contributed by atoms with Crippen LogP contribution in [0.25, 0.3) is 16.7 Å². The Kier molecular flexibility index (Phi) is 4.41. The summed E-state index contributed by atoms with van der Waals surface area (Å²) in [6.07, 6.45) is 0.481. The number of aromatic nitrogens is 4. The highest BCUT2D eigenvalue weighted by molar-refractivity contribution is 14.1. The molecule has 0 radical (unpaired) electrons. The Morgan fingerprint density at radius 2 is 2.00 bits per heavy atom. The topological polar surface area (TPSA) is 92.2 Å². The van der Waals surface area contributed by atoms with Gasteiger partial charge in [-0.05, 0) is 31.7 Å². The third-order valence-corrected chi connectivity index (χ3v) is 8.97. The molecular weight excluding hydrogens is 522 g/mol. The molecule has 156 valence electrons. The summed E-state index contributed by atoms with van der Waals surface area (Å²) in [6.45, 7) is 0. The summed E-state index contributed by atoms with van der Waals surface area (Å²) in [4.78, 5) is 11.0. The van der Waals surface area contributed by atoms with E-state index in [2.05, 4.69) is 42.3 Å². The first-order valence-corrected chi connectivity index (χ1v) is 12.0. The summed E-state index contributed by atoms with van der Waals surface area (Å²) in [5.41, 5.74) is -0.0658. The second-order valence-electron chi connectivity index (χ2n) is 7.66. The number of nitrogens with zero attached hydrogens (tertiary/aromatic N) is 3. The Balaban J connectivity index is 1.58. The van der Waals surface area contributed by atoms with E-state index < -0.39 is 21.9 Å². The van der Waals surface area contributed by atoms with Crippen molar-refractivity contribution in [3.63, 3.8) is 0 Å². The van der Waals surface area contributed by atoms with Crippen LogP contribution >= 0.6 is 22.6 Å². The molecule has 2 aliphatic rings. The molecule has 0 bridgehead atoms. The number of fused-ring (bicyclic) bond motifs is 3. The standard InChI is InChI=1S/C17H17F3IN5O2S/c18-17(19,20)14-13-7-23-15-12(3-4-22-15)26(13)16(24-14)10-5-8(6-11(10)21)25-29(27,28)9-1-2-9/h3-4,7-11,22,25H,1-2,5-6H2/t8-,10-,11-/m1/s1. The van der Waals surface area contributed by atoms with Crippen LogP contribution in [0, 0.1) is 0 Å². The van der Waals surface area contributed by atoms with Crippen LogP contribution in [0.3, 0.4) is 0 Å². The van der Waals surface area contributed by atoms with Crippen molar-refractivity contribution in [3.8, 4) is 0 Å². The molecule has 0 saturated heterocycles. The van der Waals surface area contributed by atoms with Crippen LogP contribution in [-0.4, -0.2) is 43.0 Å². The molecule has 5 rings (SSSR count). The molecule has 3 atom stereocenters. The number of nitrogens with one attached hydrogen (secondary N) is 2. The van der Waals surface area contributed by atoms with Crippen LogP contribution in [0.1, 0.15) is 43.1 Å². The van der Waals surface area contributed by atoms with E-state index in [1.165, 1.54) is 10.6 Å². The molecule has 0 unspecified atom stereocenters. The molecule has 0 aromatic carbocycles. The fourth-order valence-corrected chi connectivity index (χ4v) is 6.93. The zero-order chi connectivity index (χ0) is 20.6. The molecular formula is C17H17F3IN5O2S. The minimum Gasteiger partial charge on any atom is -0.345 e. The summed E-state index contributed by atoms with van der Waals surface area (Å²) in [6, 6.07) is 1.36. The highest BCUT2D eigenvalue weighted by Gasteiger charge is 2.44. The van der Waals surface area contributed by atoms with Crippen LogP contribution in [0.4, 0.5) is 13.2 Å². The van der Waals surface area contributed by atoms with Gasteiger partial charge in [0.15, 0.2) is 11.3 Å². The molecule has 2 fully saturated rings. The Morgan fingerprint density at radius 3 is 2.69 bits per heavy atom. The van der Waals surface area contributed by atoms with Crippen LogP contribution in [0.2, 0.25) is 0 Å². The van der Waals surface area contributed by atoms with Crippen molar-refractivity contribution in [2.24, 2.45) is 0 Å². The number of imidazole rings is 1. The van der Waals surface area contributed by atoms with Gasteiger partial charge in [0, 0.05) is 22.1 Å². The zero-order valence-electron chi connectivity index (χ0n) is 14.9. The third kappa shape index (κ3) is 3.32. The van der Waals surface area contributed by atoms with E-state index in [1.807, 2.05) is 0 Å². The van der Waals surface area contributed by atoms with Gasteiger partial charge in [-0.15, -0.1) is 0 Å². The van der Waals surface area contributed by atoms with Crippen molar-refractivity contribution in [1.82, 2.24) is 24.1 Å². The predicted molar refractivity (Wildman–Crippen MR) is 108 cm³/mol. The normalized spacial score (nSPS) is 26.0. The largest absolute Gasteiger partial charge is 0.435 e. The van der Waals surface area contributed by atoms with Crippen molar-refractivity contribution in [2.45, 2.75) is 53.0 Å². The van der Waals surface area contributed by atoms with Gasteiger partial charge in [0.1, 0.15) is 5.82 Å². The number of alkyl halides is 4. The average molecular weight is 539 g/mol. The number of H-pyrrole nitrogens is 1. The van der Waals surface area contributed by atoms with E-state index in [0.29, 0.717) is 42.7 Å². The van der Waals surface area contributed by atoms with Gasteiger partial charge in [-0.1, -0.05) is 22.6 Å². The molecule has 0 aliphatic heterocycles. The van der Waals surface area contributed by atoms with E-state index in [0.717, 1.165) is 0 Å². The molecule has 3 heterocycles. The summed E-state index contributed by atoms with van der Waals surface area (Å²) in [7, 11) is -3.36. The molecule has 3 aromatic heterocycles. The number of sulfonamides is 1. The molecule has 2 N–H and O–H groups in total. The van der Waals surface area contributed by atoms with E-state index in [9.17, 15) is 21.6 Å². The van der Waals surface area contributed by atoms with E-state index in [4.69, 9.17) is 0 Å². The molecule has 3 aromatic rings. The molecule has 29 heavy (non-hydrogen) atoms. The summed E-state index contributed by atoms with van der Waals surface area (Å²) < 4.78 is 69.7. The first-order chi connectivity index (χ1) is 13.6. The van der Waals surface area contributed by atoms with Crippen LogP contribution in [0.15, 0.2) is 18.5 Å². The van der Waals surface area contributed by atoms with Gasteiger partial charge in [-0.3, -0.25) is 4.40 Å². The second kappa shape index (κ2) is 6.54. The molecule has 7 nitrogen and oxygen atoms in total. The molecule has 0 amide bonds. The summed E-state index contributed by atoms with van der Waals surface area (Å²) >= 11 is 2.19. The fourth-order valence-electron chi connectivity index (χ4n) is 4.10. The van der Waals surface area contributed by atoms with Crippen molar-refractivity contribution in [3.05, 3.63) is 30.0 Å². The van der Waals surface area contributed by atoms with Gasteiger partial charge in [0.05, 0.1) is 22.5 Å². The van der Waals surface area contributed by atoms with Gasteiger partial charge in [0.25, 0.3) is 0 Å². The van der Waals surface area contributed by atoms with Gasteiger partial charge >= 0.3 is 6.18 Å². The first-order valence-electron chi connectivity index (χ1n) is 9.22. The highest BCUT2D eigenvalue weighted by Crippen LogP contribution is 2.43. The van der Waals surface area contributed by atoms with Crippen molar-refractivity contribution in [2.75, 3.05) is 0 Å². The van der Waals surface area contributed by atoms with Crippen LogP contribution < -0.4 is 4.72 Å². The van der Waals surface area contributed by atoms with E-state index in [1.54, 1.807) is 12.3 Å². The fraction of sp³-hybridized carbons (Fsp3) is 0.529. The number of aromatic amines is 1. The van der Waals surface area contributed by atoms with Crippen molar-refractivity contribution in [1.29, 1.82) is 0 Å². The number of hydrogen-bond acceptors (Lipinski definition) is 4. The molecule has 12 heteroatoms. The van der Waals surface area contributed by atoms with Gasteiger partial charge in [-0.2, -0.15) is 13.2 Å². The van der Waals surface area contributed by atoms with Crippen molar-refractivity contribution < 1.29 is 21.6 Å². The quantitative estimate of drug-likeness (QED) is 0.393. The van der Waals surface area contributed by atoms with Gasteiger partial charge in [-0.25, -0.2) is 23.1 Å². The summed E-state index contributed by atoms with van der Waals surface area (Å²) in [5, 5.41) is -0.330. The minimum absolute atomic E-state index is 0.0478. The van der Waals surface area contributed by atoms with Crippen LogP contribution in [0.5, 0.6) is 0 Å². The monoisotopic (exact) mass is 539 g/mol. The number of hydrogen-bond donors (Lipinski definition) is 2. The summed E-state index contributed by atoms with van der Waals surface area (Å²) in [5.74, 6) is -0.0153. The van der Waals surface area contributed by atoms with E-state index in [-0.39, 0.29) is 26.7 Å². The van der Waals surface area contributed by atoms with Gasteiger partial charge in [0.2, 0.25) is 10.0 Å². The van der Waals surface area contributed by atoms with Crippen LogP contribution in [-0.2, 0) is 16.2 Å². The zero-order valence-corrected chi connectivity index (χ0v) is 17.9. The predicted octanol–water partition coefficient (Wildman–Crippen LogP) is 3.36. The maximum absolute atomic E-state index is 13.6. The maximum Gasteiger partial charge on any atom is 0.435 e. The number of rotatable bonds is 4. The maximum atomic E-state index is 13.6. The Morgan fingerprint density at radius 1 is 1.24 bits per heavy atom. The van der Waals surface area contributed by atoms with Crippen molar-refractivity contribution >= 4 is 49.3 Å².